The van der Waals surface area contributed by atoms with Crippen molar-refractivity contribution in [3.05, 3.63) is 35.7 Å². The Hall–Kier alpha value is -1.84. The molecule has 0 N–H and O–H groups in total. The van der Waals surface area contributed by atoms with Gasteiger partial charge in [-0.1, -0.05) is 0 Å². The van der Waals surface area contributed by atoms with Gasteiger partial charge >= 0.3 is 0 Å². The summed E-state index contributed by atoms with van der Waals surface area (Å²) < 4.78 is 10.2. The van der Waals surface area contributed by atoms with E-state index in [2.05, 4.69) is 4.98 Å². The number of hydrogen-bond acceptors (Lipinski definition) is 4. The second-order valence-corrected chi connectivity index (χ2v) is 3.09. The van der Waals surface area contributed by atoms with Gasteiger partial charge in [0.25, 0.3) is 0 Å². The Morgan fingerprint density at radius 3 is 3.13 bits per heavy atom. The molecule has 0 aromatic carbocycles. The molecule has 0 saturated heterocycles. The lowest BCUT2D eigenvalue weighted by Gasteiger charge is -2.06. The highest BCUT2D eigenvalue weighted by Gasteiger charge is 2.20. The monoisotopic (exact) mass is 205 g/mol. The summed E-state index contributed by atoms with van der Waals surface area (Å²) in [5, 5.41) is 0. The lowest BCUT2D eigenvalue weighted by Crippen LogP contribution is -2.06. The number of rotatable bonds is 3. The van der Waals surface area contributed by atoms with Crippen molar-refractivity contribution < 1.29 is 14.3 Å². The number of ether oxygens (including phenoxy) is 2. The normalized spacial score (nSPS) is 14.3. The number of nitrogens with zero attached hydrogens (tertiary/aromatic N) is 1. The van der Waals surface area contributed by atoms with E-state index in [1.807, 2.05) is 0 Å². The fourth-order valence-corrected chi connectivity index (χ4v) is 1.44. The van der Waals surface area contributed by atoms with Crippen LogP contribution in [0.25, 0.3) is 0 Å². The lowest BCUT2D eigenvalue weighted by atomic mass is 10.1. The molecule has 0 radical (unpaired) electrons. The number of hydrogen-bond donors (Lipinski definition) is 0. The van der Waals surface area contributed by atoms with E-state index >= 15 is 0 Å². The van der Waals surface area contributed by atoms with E-state index in [1.165, 1.54) is 7.11 Å². The minimum Gasteiger partial charge on any atom is -0.489 e. The summed E-state index contributed by atoms with van der Waals surface area (Å²) in [5.41, 5.74) is 0.438. The molecule has 78 valence electrons. The summed E-state index contributed by atoms with van der Waals surface area (Å²) in [6, 6.07) is 3.38. The highest BCUT2D eigenvalue weighted by molar-refractivity contribution is 6.08. The van der Waals surface area contributed by atoms with Crippen molar-refractivity contribution >= 4 is 5.78 Å². The van der Waals surface area contributed by atoms with Crippen LogP contribution in [0.5, 0.6) is 5.88 Å². The first-order chi connectivity index (χ1) is 7.33. The molecule has 0 aliphatic carbocycles. The van der Waals surface area contributed by atoms with Crippen LogP contribution in [-0.4, -0.2) is 24.5 Å². The summed E-state index contributed by atoms with van der Waals surface area (Å²) in [6.45, 7) is 0.573. The Labute approximate surface area is 87.5 Å². The first-order valence-corrected chi connectivity index (χ1v) is 4.69. The van der Waals surface area contributed by atoms with Gasteiger partial charge in [0.1, 0.15) is 0 Å². The number of aromatic nitrogens is 1. The van der Waals surface area contributed by atoms with Gasteiger partial charge in [-0.25, -0.2) is 4.98 Å². The number of allylic oxidation sites excluding steroid dienone is 1. The van der Waals surface area contributed by atoms with E-state index in [4.69, 9.17) is 9.47 Å². The molecule has 0 fully saturated rings. The highest BCUT2D eigenvalue weighted by Crippen LogP contribution is 2.21. The number of pyridine rings is 1. The number of Topliss-reactive ketones (excluding diaryl/α,β-unsaturated/α-hetero) is 1. The molecule has 4 nitrogen and oxygen atoms in total. The van der Waals surface area contributed by atoms with Gasteiger partial charge < -0.3 is 9.47 Å². The molecule has 1 aromatic rings. The van der Waals surface area contributed by atoms with E-state index in [0.29, 0.717) is 23.8 Å². The van der Waals surface area contributed by atoms with Crippen molar-refractivity contribution in [2.24, 2.45) is 0 Å². The third-order valence-corrected chi connectivity index (χ3v) is 2.14. The van der Waals surface area contributed by atoms with Crippen LogP contribution >= 0.6 is 0 Å². The molecule has 2 heterocycles. The second-order valence-electron chi connectivity index (χ2n) is 3.09. The Morgan fingerprint density at radius 1 is 1.60 bits per heavy atom. The van der Waals surface area contributed by atoms with Crippen LogP contribution < -0.4 is 4.74 Å². The Bertz CT molecular complexity index is 412. The van der Waals surface area contributed by atoms with Gasteiger partial charge in [-0.15, -0.1) is 0 Å². The van der Waals surface area contributed by atoms with Crippen LogP contribution in [0.2, 0.25) is 0 Å². The van der Waals surface area contributed by atoms with Crippen LogP contribution in [0.15, 0.2) is 30.2 Å². The molecule has 2 rings (SSSR count). The van der Waals surface area contributed by atoms with Crippen LogP contribution in [0.4, 0.5) is 0 Å². The van der Waals surface area contributed by atoms with E-state index in [0.717, 1.165) is 6.42 Å². The fourth-order valence-electron chi connectivity index (χ4n) is 1.44. The van der Waals surface area contributed by atoms with Crippen molar-refractivity contribution in [1.82, 2.24) is 4.98 Å². The van der Waals surface area contributed by atoms with Gasteiger partial charge in [0.2, 0.25) is 11.7 Å². The molecule has 0 saturated carbocycles. The summed E-state index contributed by atoms with van der Waals surface area (Å²) in [5.74, 6) is 0.553. The molecule has 1 aliphatic rings. The van der Waals surface area contributed by atoms with Gasteiger partial charge in [-0.3, -0.25) is 4.79 Å². The number of carbonyl (C=O) groups excluding carboxylic acids is 1. The average Bonchev–Trinajstić information content (AvgIpc) is 2.81. The summed E-state index contributed by atoms with van der Waals surface area (Å²) in [7, 11) is 1.49. The van der Waals surface area contributed by atoms with Crippen molar-refractivity contribution in [1.29, 1.82) is 0 Å². The summed E-state index contributed by atoms with van der Waals surface area (Å²) in [6.07, 6.45) is 4.15. The topological polar surface area (TPSA) is 48.4 Å². The SMILES string of the molecule is COc1ncccc1C(=O)C1=CCCO1. The predicted octanol–water partition coefficient (Wildman–Crippen LogP) is 1.58. The molecule has 15 heavy (non-hydrogen) atoms. The second kappa shape index (κ2) is 4.13. The van der Waals surface area contributed by atoms with Crippen molar-refractivity contribution in [3.8, 4) is 5.88 Å². The largest absolute Gasteiger partial charge is 0.489 e. The van der Waals surface area contributed by atoms with Gasteiger partial charge in [0, 0.05) is 12.6 Å². The third-order valence-electron chi connectivity index (χ3n) is 2.14. The first-order valence-electron chi connectivity index (χ1n) is 4.69. The van der Waals surface area contributed by atoms with E-state index < -0.39 is 0 Å². The molecule has 0 amide bonds. The minimum atomic E-state index is -0.169. The van der Waals surface area contributed by atoms with Gasteiger partial charge in [-0.05, 0) is 18.2 Å². The van der Waals surface area contributed by atoms with Crippen LogP contribution in [-0.2, 0) is 4.74 Å². The maximum Gasteiger partial charge on any atom is 0.232 e. The molecular weight excluding hydrogens is 194 g/mol. The lowest BCUT2D eigenvalue weighted by molar-refractivity contribution is 0.0938. The maximum atomic E-state index is 11.9. The Kier molecular flexibility index (Phi) is 2.67. The standard InChI is InChI=1S/C11H11NO3/c1-14-11-8(4-2-6-12-11)10(13)9-5-3-7-15-9/h2,4-6H,3,7H2,1H3. The minimum absolute atomic E-state index is 0.169. The average molecular weight is 205 g/mol. The van der Waals surface area contributed by atoms with E-state index in [9.17, 15) is 4.79 Å². The zero-order valence-electron chi connectivity index (χ0n) is 8.40. The van der Waals surface area contributed by atoms with Gasteiger partial charge in [0.15, 0.2) is 5.76 Å². The smallest absolute Gasteiger partial charge is 0.232 e. The van der Waals surface area contributed by atoms with E-state index in [-0.39, 0.29) is 5.78 Å². The van der Waals surface area contributed by atoms with Gasteiger partial charge in [-0.2, -0.15) is 0 Å². The van der Waals surface area contributed by atoms with E-state index in [1.54, 1.807) is 24.4 Å². The third kappa shape index (κ3) is 1.83. The summed E-state index contributed by atoms with van der Waals surface area (Å²) >= 11 is 0. The molecule has 0 bridgehead atoms. The fraction of sp³-hybridized carbons (Fsp3) is 0.273. The highest BCUT2D eigenvalue weighted by atomic mass is 16.5. The zero-order valence-corrected chi connectivity index (χ0v) is 8.40. The number of carbonyl (C=O) groups is 1. The maximum absolute atomic E-state index is 11.9. The van der Waals surface area contributed by atoms with Crippen molar-refractivity contribution in [3.63, 3.8) is 0 Å². The molecule has 0 unspecified atom stereocenters. The van der Waals surface area contributed by atoms with Crippen molar-refractivity contribution in [2.75, 3.05) is 13.7 Å². The predicted molar refractivity (Wildman–Crippen MR) is 53.8 cm³/mol. The first kappa shape index (κ1) is 9.71. The molecule has 1 aliphatic heterocycles. The Balaban J connectivity index is 2.32. The number of ketones is 1. The zero-order chi connectivity index (χ0) is 10.7. The molecule has 1 aromatic heterocycles. The van der Waals surface area contributed by atoms with Crippen molar-refractivity contribution in [2.45, 2.75) is 6.42 Å². The van der Waals surface area contributed by atoms with Gasteiger partial charge in [0.05, 0.1) is 19.3 Å². The van der Waals surface area contributed by atoms with Crippen LogP contribution in [0.3, 0.4) is 0 Å². The summed E-state index contributed by atoms with van der Waals surface area (Å²) in [4.78, 5) is 15.9. The van der Waals surface area contributed by atoms with Crippen LogP contribution in [0, 0.1) is 0 Å². The quantitative estimate of drug-likeness (QED) is 0.703. The molecule has 0 atom stereocenters. The molecule has 0 spiro atoms. The molecule has 4 heteroatoms. The number of methoxy groups -OCH3 is 1. The Morgan fingerprint density at radius 2 is 2.47 bits per heavy atom. The molecular formula is C11H11NO3. The van der Waals surface area contributed by atoms with Crippen LogP contribution in [0.1, 0.15) is 16.8 Å².